The zero-order chi connectivity index (χ0) is 20.0. The fourth-order valence-corrected chi connectivity index (χ4v) is 4.83. The van der Waals surface area contributed by atoms with Gasteiger partial charge in [-0.25, -0.2) is 4.79 Å². The van der Waals surface area contributed by atoms with Gasteiger partial charge in [0.2, 0.25) is 0 Å². The predicted molar refractivity (Wildman–Crippen MR) is 125 cm³/mol. The highest BCUT2D eigenvalue weighted by Gasteiger charge is 2.30. The standard InChI is InChI=1S/C22H23ClN4O2.BrH/c1-2-20(27-18-6-4-3-5-17(18)24-22(27)28)26-11-9-14(10-12-26)21-16-8-7-15(23)13-19(16)29-25-21;/h3-8,13-14,20H,2,9-12H2,1H3,(H,24,28);1H. The van der Waals surface area contributed by atoms with Crippen molar-refractivity contribution in [3.8, 4) is 0 Å². The number of nitrogens with zero attached hydrogens (tertiary/aromatic N) is 3. The molecule has 4 aromatic rings. The number of nitrogens with one attached hydrogen (secondary N) is 1. The van der Waals surface area contributed by atoms with Crippen molar-refractivity contribution in [3.63, 3.8) is 0 Å². The van der Waals surface area contributed by atoms with Crippen molar-refractivity contribution in [3.05, 3.63) is 63.7 Å². The number of benzene rings is 2. The maximum absolute atomic E-state index is 12.7. The van der Waals surface area contributed by atoms with Crippen LogP contribution in [-0.2, 0) is 0 Å². The van der Waals surface area contributed by atoms with E-state index in [1.807, 2.05) is 47.0 Å². The number of para-hydroxylation sites is 2. The van der Waals surface area contributed by atoms with Gasteiger partial charge in [0.15, 0.2) is 5.58 Å². The second kappa shape index (κ2) is 8.57. The lowest BCUT2D eigenvalue weighted by molar-refractivity contribution is 0.101. The largest absolute Gasteiger partial charge is 0.356 e. The smallest absolute Gasteiger partial charge is 0.327 e. The van der Waals surface area contributed by atoms with Crippen molar-refractivity contribution in [1.29, 1.82) is 0 Å². The Balaban J connectivity index is 0.00000218. The molecule has 6 nitrogen and oxygen atoms in total. The van der Waals surface area contributed by atoms with Crippen molar-refractivity contribution in [2.75, 3.05) is 13.1 Å². The van der Waals surface area contributed by atoms with E-state index in [1.54, 1.807) is 0 Å². The molecule has 30 heavy (non-hydrogen) atoms. The minimum absolute atomic E-state index is 0. The Labute approximate surface area is 189 Å². The lowest BCUT2D eigenvalue weighted by atomic mass is 9.91. The summed E-state index contributed by atoms with van der Waals surface area (Å²) in [5.74, 6) is 0.353. The summed E-state index contributed by atoms with van der Waals surface area (Å²) in [6.07, 6.45) is 2.89. The van der Waals surface area contributed by atoms with Gasteiger partial charge in [-0.15, -0.1) is 17.0 Å². The highest BCUT2D eigenvalue weighted by Crippen LogP contribution is 2.35. The van der Waals surface area contributed by atoms with Crippen LogP contribution < -0.4 is 5.69 Å². The third-order valence-electron chi connectivity index (χ3n) is 6.09. The van der Waals surface area contributed by atoms with Gasteiger partial charge in [0.05, 0.1) is 22.9 Å². The van der Waals surface area contributed by atoms with Crippen LogP contribution in [0.4, 0.5) is 0 Å². The van der Waals surface area contributed by atoms with Crippen LogP contribution in [0.15, 0.2) is 51.8 Å². The van der Waals surface area contributed by atoms with Gasteiger partial charge in [0, 0.05) is 35.5 Å². The summed E-state index contributed by atoms with van der Waals surface area (Å²) in [4.78, 5) is 18.1. The number of likely N-dealkylation sites (tertiary alicyclic amines) is 1. The van der Waals surface area contributed by atoms with Gasteiger partial charge in [0.1, 0.15) is 0 Å². The molecule has 1 fully saturated rings. The quantitative estimate of drug-likeness (QED) is 0.410. The van der Waals surface area contributed by atoms with E-state index in [9.17, 15) is 4.79 Å². The Hall–Kier alpha value is -2.09. The first-order chi connectivity index (χ1) is 14.2. The molecule has 0 aliphatic carbocycles. The van der Waals surface area contributed by atoms with Gasteiger partial charge in [-0.2, -0.15) is 0 Å². The average molecular weight is 492 g/mol. The molecule has 0 radical (unpaired) electrons. The Kier molecular flexibility index (Phi) is 6.04. The molecule has 1 N–H and O–H groups in total. The molecular formula is C22H24BrClN4O2. The van der Waals surface area contributed by atoms with Gasteiger partial charge in [-0.1, -0.05) is 35.8 Å². The van der Waals surface area contributed by atoms with Gasteiger partial charge in [-0.05, 0) is 43.5 Å². The highest BCUT2D eigenvalue weighted by molar-refractivity contribution is 8.93. The summed E-state index contributed by atoms with van der Waals surface area (Å²) in [6.45, 7) is 3.97. The topological polar surface area (TPSA) is 67.1 Å². The molecule has 158 valence electrons. The molecule has 1 unspecified atom stereocenters. The van der Waals surface area contributed by atoms with E-state index in [2.05, 4.69) is 22.0 Å². The Morgan fingerprint density at radius 2 is 2.00 bits per heavy atom. The summed E-state index contributed by atoms with van der Waals surface area (Å²) in [5, 5.41) is 6.05. The molecule has 0 bridgehead atoms. The first-order valence-corrected chi connectivity index (χ1v) is 10.5. The van der Waals surface area contributed by atoms with E-state index in [0.29, 0.717) is 10.9 Å². The maximum atomic E-state index is 12.7. The number of hydrogen-bond donors (Lipinski definition) is 1. The first kappa shape index (κ1) is 21.2. The predicted octanol–water partition coefficient (Wildman–Crippen LogP) is 5.49. The zero-order valence-corrected chi connectivity index (χ0v) is 19.1. The van der Waals surface area contributed by atoms with E-state index in [-0.39, 0.29) is 28.8 Å². The molecular weight excluding hydrogens is 468 g/mol. The molecule has 0 amide bonds. The van der Waals surface area contributed by atoms with Crippen LogP contribution in [0.25, 0.3) is 22.0 Å². The van der Waals surface area contributed by atoms with Crippen molar-refractivity contribution in [1.82, 2.24) is 19.6 Å². The minimum Gasteiger partial charge on any atom is -0.356 e. The van der Waals surface area contributed by atoms with Crippen molar-refractivity contribution in [2.45, 2.75) is 38.3 Å². The van der Waals surface area contributed by atoms with Crippen LogP contribution in [0.2, 0.25) is 5.02 Å². The summed E-state index contributed by atoms with van der Waals surface area (Å²) < 4.78 is 7.41. The number of imidazole rings is 1. The average Bonchev–Trinajstić information content (AvgIpc) is 3.30. The van der Waals surface area contributed by atoms with Crippen LogP contribution >= 0.6 is 28.6 Å². The van der Waals surface area contributed by atoms with Crippen LogP contribution in [0.3, 0.4) is 0 Å². The van der Waals surface area contributed by atoms with Crippen molar-refractivity contribution < 1.29 is 4.52 Å². The molecule has 1 atom stereocenters. The van der Waals surface area contributed by atoms with E-state index in [0.717, 1.165) is 60.0 Å². The monoisotopic (exact) mass is 490 g/mol. The fraction of sp³-hybridized carbons (Fsp3) is 0.364. The van der Waals surface area contributed by atoms with E-state index < -0.39 is 0 Å². The van der Waals surface area contributed by atoms with Crippen LogP contribution in [0.5, 0.6) is 0 Å². The SMILES string of the molecule is Br.CCC(N1CCC(c2noc3cc(Cl)ccc23)CC1)n1c(=O)[nH]c2ccccc21. The maximum Gasteiger partial charge on any atom is 0.327 e. The van der Waals surface area contributed by atoms with Crippen LogP contribution in [-0.4, -0.2) is 32.7 Å². The number of piperidine rings is 1. The van der Waals surface area contributed by atoms with Crippen molar-refractivity contribution in [2.24, 2.45) is 0 Å². The number of rotatable bonds is 4. The minimum atomic E-state index is -0.0421. The van der Waals surface area contributed by atoms with E-state index in [4.69, 9.17) is 16.1 Å². The van der Waals surface area contributed by atoms with Gasteiger partial charge in [-0.3, -0.25) is 9.47 Å². The fourth-order valence-electron chi connectivity index (χ4n) is 4.67. The molecule has 8 heteroatoms. The lowest BCUT2D eigenvalue weighted by Gasteiger charge is -2.37. The Morgan fingerprint density at radius 3 is 2.77 bits per heavy atom. The second-order valence-electron chi connectivity index (χ2n) is 7.72. The van der Waals surface area contributed by atoms with Gasteiger partial charge < -0.3 is 9.51 Å². The number of aromatic nitrogens is 3. The number of fused-ring (bicyclic) bond motifs is 2. The summed E-state index contributed by atoms with van der Waals surface area (Å²) >= 11 is 6.06. The second-order valence-corrected chi connectivity index (χ2v) is 8.16. The van der Waals surface area contributed by atoms with Crippen LogP contribution in [0, 0.1) is 0 Å². The highest BCUT2D eigenvalue weighted by atomic mass is 79.9. The molecule has 2 aromatic heterocycles. The normalized spacial score (nSPS) is 16.7. The molecule has 2 aromatic carbocycles. The molecule has 1 aliphatic rings. The van der Waals surface area contributed by atoms with Crippen LogP contribution in [0.1, 0.15) is 44.0 Å². The van der Waals surface area contributed by atoms with Crippen molar-refractivity contribution >= 4 is 50.6 Å². The molecule has 5 rings (SSSR count). The first-order valence-electron chi connectivity index (χ1n) is 10.1. The van der Waals surface area contributed by atoms with E-state index >= 15 is 0 Å². The molecule has 1 saturated heterocycles. The number of halogens is 2. The number of H-pyrrole nitrogens is 1. The molecule has 1 aliphatic heterocycles. The molecule has 0 spiro atoms. The third kappa shape index (κ3) is 3.59. The van der Waals surface area contributed by atoms with Gasteiger partial charge in [0.25, 0.3) is 0 Å². The lowest BCUT2D eigenvalue weighted by Crippen LogP contribution is -2.41. The third-order valence-corrected chi connectivity index (χ3v) is 6.32. The summed E-state index contributed by atoms with van der Waals surface area (Å²) in [5.41, 5.74) is 3.57. The number of hydrogen-bond acceptors (Lipinski definition) is 4. The zero-order valence-electron chi connectivity index (χ0n) is 16.7. The summed E-state index contributed by atoms with van der Waals surface area (Å²) in [7, 11) is 0. The summed E-state index contributed by atoms with van der Waals surface area (Å²) in [6, 6.07) is 13.6. The molecule has 0 saturated carbocycles. The number of aromatic amines is 1. The Morgan fingerprint density at radius 1 is 1.23 bits per heavy atom. The Bertz CT molecular complexity index is 1220. The molecule has 3 heterocycles. The van der Waals surface area contributed by atoms with E-state index in [1.165, 1.54) is 0 Å². The van der Waals surface area contributed by atoms with Gasteiger partial charge >= 0.3 is 5.69 Å².